The zero-order valence-corrected chi connectivity index (χ0v) is 10.6. The first-order valence-corrected chi connectivity index (χ1v) is 8.35. The topological polar surface area (TPSA) is 34.1 Å². The van der Waals surface area contributed by atoms with Crippen LogP contribution < -0.4 is 0 Å². The predicted molar refractivity (Wildman–Crippen MR) is 67.2 cm³/mol. The van der Waals surface area contributed by atoms with E-state index in [9.17, 15) is 8.42 Å². The van der Waals surface area contributed by atoms with E-state index in [0.717, 1.165) is 25.7 Å². The molecule has 4 rings (SSSR count). The summed E-state index contributed by atoms with van der Waals surface area (Å²) in [4.78, 5) is 0. The van der Waals surface area contributed by atoms with Crippen LogP contribution in [-0.4, -0.2) is 18.9 Å². The smallest absolute Gasteiger partial charge is 0.157 e. The molecule has 17 heavy (non-hydrogen) atoms. The van der Waals surface area contributed by atoms with E-state index < -0.39 is 9.84 Å². The molecule has 4 aliphatic rings. The molecule has 0 aliphatic heterocycles. The Hall–Kier alpha value is -0.570. The molecule has 0 N–H and O–H groups in total. The summed E-state index contributed by atoms with van der Waals surface area (Å²) in [5.74, 6) is 1.75. The highest BCUT2D eigenvalue weighted by Gasteiger charge is 2.51. The summed E-state index contributed by atoms with van der Waals surface area (Å²) in [5.41, 5.74) is 0. The first-order chi connectivity index (χ1) is 8.14. The lowest BCUT2D eigenvalue weighted by Gasteiger charge is -2.26. The van der Waals surface area contributed by atoms with Gasteiger partial charge in [0.1, 0.15) is 0 Å². The Morgan fingerprint density at radius 3 is 1.47 bits per heavy atom. The molecule has 6 unspecified atom stereocenters. The van der Waals surface area contributed by atoms with Gasteiger partial charge in [0.05, 0.1) is 10.5 Å². The molecule has 0 aromatic heterocycles. The van der Waals surface area contributed by atoms with Gasteiger partial charge in [0, 0.05) is 0 Å². The minimum Gasteiger partial charge on any atom is -0.228 e. The van der Waals surface area contributed by atoms with E-state index in [-0.39, 0.29) is 10.5 Å². The first kappa shape index (κ1) is 10.4. The minimum absolute atomic E-state index is 0.0600. The molecule has 0 aromatic rings. The maximum atomic E-state index is 12.7. The molecule has 0 spiro atoms. The molecule has 2 fully saturated rings. The zero-order chi connectivity index (χ0) is 11.6. The Balaban J connectivity index is 1.65. The fraction of sp³-hybridized carbons (Fsp3) is 0.714. The van der Waals surface area contributed by atoms with Crippen molar-refractivity contribution in [2.24, 2.45) is 23.7 Å². The number of fused-ring (bicyclic) bond motifs is 4. The number of allylic oxidation sites excluding steroid dienone is 4. The van der Waals surface area contributed by atoms with E-state index in [4.69, 9.17) is 0 Å². The predicted octanol–water partition coefficient (Wildman–Crippen LogP) is 2.33. The Morgan fingerprint density at radius 2 is 1.18 bits per heavy atom. The van der Waals surface area contributed by atoms with Crippen molar-refractivity contribution < 1.29 is 8.42 Å². The van der Waals surface area contributed by atoms with Gasteiger partial charge in [-0.15, -0.1) is 0 Å². The molecule has 0 radical (unpaired) electrons. The van der Waals surface area contributed by atoms with E-state index in [1.165, 1.54) is 0 Å². The molecule has 2 saturated carbocycles. The number of sulfone groups is 1. The van der Waals surface area contributed by atoms with Gasteiger partial charge in [0.25, 0.3) is 0 Å². The monoisotopic (exact) mass is 250 g/mol. The lowest BCUT2D eigenvalue weighted by molar-refractivity contribution is 0.530. The van der Waals surface area contributed by atoms with E-state index in [1.54, 1.807) is 0 Å². The molecule has 92 valence electrons. The first-order valence-electron chi connectivity index (χ1n) is 6.74. The van der Waals surface area contributed by atoms with Crippen molar-refractivity contribution in [1.29, 1.82) is 0 Å². The summed E-state index contributed by atoms with van der Waals surface area (Å²) >= 11 is 0. The van der Waals surface area contributed by atoms with Gasteiger partial charge < -0.3 is 0 Å². The molecule has 0 amide bonds. The average Bonchev–Trinajstić information content (AvgIpc) is 3.07. The van der Waals surface area contributed by atoms with Crippen LogP contribution in [0.2, 0.25) is 0 Å². The van der Waals surface area contributed by atoms with Gasteiger partial charge in [0.2, 0.25) is 0 Å². The van der Waals surface area contributed by atoms with Crippen molar-refractivity contribution in [2.45, 2.75) is 36.2 Å². The Kier molecular flexibility index (Phi) is 1.98. The summed E-state index contributed by atoms with van der Waals surface area (Å²) in [5, 5.41) is -0.120. The van der Waals surface area contributed by atoms with Crippen LogP contribution in [0, 0.1) is 23.7 Å². The standard InChI is InChI=1S/C14H18O2S/c15-17(16,13-7-9-1-3-11(13)5-9)14-8-10-2-4-12(14)6-10/h1-4,9-14H,5-8H2. The van der Waals surface area contributed by atoms with Crippen LogP contribution >= 0.6 is 0 Å². The van der Waals surface area contributed by atoms with Crippen LogP contribution in [0.3, 0.4) is 0 Å². The van der Waals surface area contributed by atoms with Crippen molar-refractivity contribution in [3.05, 3.63) is 24.3 Å². The summed E-state index contributed by atoms with van der Waals surface area (Å²) in [7, 11) is -2.90. The minimum atomic E-state index is -2.90. The fourth-order valence-electron chi connectivity index (χ4n) is 4.44. The molecular weight excluding hydrogens is 232 g/mol. The van der Waals surface area contributed by atoms with Gasteiger partial charge in [-0.3, -0.25) is 0 Å². The highest BCUT2D eigenvalue weighted by molar-refractivity contribution is 7.92. The van der Waals surface area contributed by atoms with Crippen molar-refractivity contribution in [3.8, 4) is 0 Å². The van der Waals surface area contributed by atoms with Gasteiger partial charge >= 0.3 is 0 Å². The Morgan fingerprint density at radius 1 is 0.706 bits per heavy atom. The van der Waals surface area contributed by atoms with Crippen molar-refractivity contribution in [1.82, 2.24) is 0 Å². The van der Waals surface area contributed by atoms with Gasteiger partial charge in [-0.05, 0) is 49.4 Å². The van der Waals surface area contributed by atoms with E-state index >= 15 is 0 Å². The van der Waals surface area contributed by atoms with Crippen molar-refractivity contribution in [2.75, 3.05) is 0 Å². The number of rotatable bonds is 2. The fourth-order valence-corrected chi connectivity index (χ4v) is 7.30. The molecule has 2 nitrogen and oxygen atoms in total. The van der Waals surface area contributed by atoms with Gasteiger partial charge in [-0.1, -0.05) is 24.3 Å². The SMILES string of the molecule is O=S(=O)(C1CC2C=CC1C2)C1CC2C=CC1C2. The summed E-state index contributed by atoms with van der Waals surface area (Å²) in [6.45, 7) is 0. The Bertz CT molecular complexity index is 462. The molecule has 4 aliphatic carbocycles. The van der Waals surface area contributed by atoms with Gasteiger partial charge in [-0.25, -0.2) is 8.42 Å². The number of hydrogen-bond donors (Lipinski definition) is 0. The highest BCUT2D eigenvalue weighted by atomic mass is 32.2. The van der Waals surface area contributed by atoms with Gasteiger partial charge in [0.15, 0.2) is 9.84 Å². The third-order valence-electron chi connectivity index (χ3n) is 5.28. The van der Waals surface area contributed by atoms with Crippen LogP contribution in [0.1, 0.15) is 25.7 Å². The summed E-state index contributed by atoms with van der Waals surface area (Å²) in [6, 6.07) is 0. The molecule has 0 aromatic carbocycles. The molecule has 6 atom stereocenters. The van der Waals surface area contributed by atoms with Crippen LogP contribution in [0.25, 0.3) is 0 Å². The molecule has 0 heterocycles. The second kappa shape index (κ2) is 3.25. The normalized spacial score (nSPS) is 50.6. The molecule has 4 bridgehead atoms. The zero-order valence-electron chi connectivity index (χ0n) is 9.83. The molecule has 0 saturated heterocycles. The maximum absolute atomic E-state index is 12.7. The third-order valence-corrected chi connectivity index (χ3v) is 8.05. The van der Waals surface area contributed by atoms with Crippen LogP contribution in [-0.2, 0) is 9.84 Å². The lowest BCUT2D eigenvalue weighted by Crippen LogP contribution is -2.36. The van der Waals surface area contributed by atoms with Crippen LogP contribution in [0.4, 0.5) is 0 Å². The summed E-state index contributed by atoms with van der Waals surface area (Å²) in [6.07, 6.45) is 12.7. The maximum Gasteiger partial charge on any atom is 0.157 e. The quantitative estimate of drug-likeness (QED) is 0.705. The summed E-state index contributed by atoms with van der Waals surface area (Å²) < 4.78 is 25.5. The van der Waals surface area contributed by atoms with Crippen molar-refractivity contribution in [3.63, 3.8) is 0 Å². The second-order valence-electron chi connectivity index (χ2n) is 6.23. The van der Waals surface area contributed by atoms with Crippen LogP contribution in [0.5, 0.6) is 0 Å². The molecular formula is C14H18O2S. The third kappa shape index (κ3) is 1.35. The average molecular weight is 250 g/mol. The largest absolute Gasteiger partial charge is 0.228 e. The van der Waals surface area contributed by atoms with Crippen molar-refractivity contribution >= 4 is 9.84 Å². The van der Waals surface area contributed by atoms with Crippen LogP contribution in [0.15, 0.2) is 24.3 Å². The van der Waals surface area contributed by atoms with Gasteiger partial charge in [-0.2, -0.15) is 0 Å². The number of hydrogen-bond acceptors (Lipinski definition) is 2. The van der Waals surface area contributed by atoms with E-state index in [0.29, 0.717) is 23.7 Å². The highest BCUT2D eigenvalue weighted by Crippen LogP contribution is 2.49. The second-order valence-corrected chi connectivity index (χ2v) is 8.62. The Labute approximate surface area is 103 Å². The van der Waals surface area contributed by atoms with E-state index in [2.05, 4.69) is 24.3 Å². The van der Waals surface area contributed by atoms with E-state index in [1.807, 2.05) is 0 Å². The molecule has 3 heteroatoms. The lowest BCUT2D eigenvalue weighted by atomic mass is 10.1.